The molecule has 1 aromatic carbocycles. The molecule has 1 atom stereocenters. The van der Waals surface area contributed by atoms with Gasteiger partial charge in [-0.2, -0.15) is 5.26 Å². The zero-order chi connectivity index (χ0) is 10.6. The number of carboxylic acid groups (broad SMARTS) is 1. The Hall–Kier alpha value is -2.02. The lowest BCUT2D eigenvalue weighted by Crippen LogP contribution is -2.25. The van der Waals surface area contributed by atoms with E-state index >= 15 is 0 Å². The molecular weight excluding hydrogens is 180 g/mol. The van der Waals surface area contributed by atoms with E-state index in [1.165, 1.54) is 0 Å². The second-order valence-corrected chi connectivity index (χ2v) is 2.89. The van der Waals surface area contributed by atoms with Gasteiger partial charge in [0, 0.05) is 5.69 Å². The van der Waals surface area contributed by atoms with Crippen LogP contribution < -0.4 is 5.32 Å². The van der Waals surface area contributed by atoms with Crippen LogP contribution in [0.3, 0.4) is 0 Å². The fourth-order valence-electron chi connectivity index (χ4n) is 0.953. The van der Waals surface area contributed by atoms with Gasteiger partial charge in [-0.05, 0) is 31.2 Å². The molecule has 0 aliphatic carbocycles. The molecule has 0 radical (unpaired) electrons. The summed E-state index contributed by atoms with van der Waals surface area (Å²) in [7, 11) is 0. The van der Waals surface area contributed by atoms with Crippen molar-refractivity contribution in [1.82, 2.24) is 0 Å². The lowest BCUT2D eigenvalue weighted by molar-refractivity contribution is -0.137. The van der Waals surface area contributed by atoms with Crippen LogP contribution >= 0.6 is 0 Å². The normalized spacial score (nSPS) is 11.4. The number of nitrogens with zero attached hydrogens (tertiary/aromatic N) is 1. The average Bonchev–Trinajstić information content (AvgIpc) is 2.19. The van der Waals surface area contributed by atoms with Crippen molar-refractivity contribution in [3.8, 4) is 6.07 Å². The van der Waals surface area contributed by atoms with Crippen LogP contribution in [0.4, 0.5) is 5.69 Å². The third-order valence-electron chi connectivity index (χ3n) is 1.77. The highest BCUT2D eigenvalue weighted by Crippen LogP contribution is 2.09. The predicted molar refractivity (Wildman–Crippen MR) is 51.9 cm³/mol. The molecule has 1 rings (SSSR count). The summed E-state index contributed by atoms with van der Waals surface area (Å²) in [5, 5.41) is 19.9. The van der Waals surface area contributed by atoms with Gasteiger partial charge in [-0.1, -0.05) is 0 Å². The number of carboxylic acids is 1. The first kappa shape index (κ1) is 10.1. The quantitative estimate of drug-likeness (QED) is 0.756. The van der Waals surface area contributed by atoms with E-state index in [1.54, 1.807) is 31.2 Å². The smallest absolute Gasteiger partial charge is 0.325 e. The largest absolute Gasteiger partial charge is 0.480 e. The number of nitrogens with one attached hydrogen (secondary N) is 1. The Balaban J connectivity index is 2.70. The van der Waals surface area contributed by atoms with E-state index in [-0.39, 0.29) is 0 Å². The molecule has 0 aromatic heterocycles. The van der Waals surface area contributed by atoms with Crippen molar-refractivity contribution in [3.63, 3.8) is 0 Å². The molecule has 2 N–H and O–H groups in total. The maximum absolute atomic E-state index is 10.5. The fourth-order valence-corrected chi connectivity index (χ4v) is 0.953. The number of benzene rings is 1. The molecule has 1 aromatic rings. The Morgan fingerprint density at radius 3 is 2.50 bits per heavy atom. The summed E-state index contributed by atoms with van der Waals surface area (Å²) in [4.78, 5) is 10.5. The maximum atomic E-state index is 10.5. The fraction of sp³-hybridized carbons (Fsp3) is 0.200. The van der Waals surface area contributed by atoms with Gasteiger partial charge in [-0.15, -0.1) is 0 Å². The highest BCUT2D eigenvalue weighted by atomic mass is 16.4. The van der Waals surface area contributed by atoms with Gasteiger partial charge >= 0.3 is 5.97 Å². The van der Waals surface area contributed by atoms with E-state index < -0.39 is 12.0 Å². The van der Waals surface area contributed by atoms with Gasteiger partial charge in [0.05, 0.1) is 11.6 Å². The van der Waals surface area contributed by atoms with E-state index in [4.69, 9.17) is 10.4 Å². The van der Waals surface area contributed by atoms with E-state index in [0.717, 1.165) is 0 Å². The lowest BCUT2D eigenvalue weighted by Gasteiger charge is -2.09. The number of nitriles is 1. The van der Waals surface area contributed by atoms with E-state index in [0.29, 0.717) is 11.3 Å². The first-order valence-corrected chi connectivity index (χ1v) is 4.13. The molecule has 0 fully saturated rings. The van der Waals surface area contributed by atoms with Gasteiger partial charge in [0.15, 0.2) is 0 Å². The van der Waals surface area contributed by atoms with Gasteiger partial charge in [-0.25, -0.2) is 0 Å². The predicted octanol–water partition coefficient (Wildman–Crippen LogP) is 1.44. The van der Waals surface area contributed by atoms with Crippen LogP contribution in [0.15, 0.2) is 24.3 Å². The number of carbonyl (C=O) groups is 1. The average molecular weight is 190 g/mol. The summed E-state index contributed by atoms with van der Waals surface area (Å²) in [5.41, 5.74) is 1.25. The first-order valence-electron chi connectivity index (χ1n) is 4.13. The van der Waals surface area contributed by atoms with Crippen molar-refractivity contribution >= 4 is 11.7 Å². The van der Waals surface area contributed by atoms with Crippen molar-refractivity contribution in [3.05, 3.63) is 29.8 Å². The van der Waals surface area contributed by atoms with Crippen LogP contribution in [0.1, 0.15) is 12.5 Å². The second-order valence-electron chi connectivity index (χ2n) is 2.89. The van der Waals surface area contributed by atoms with E-state index in [9.17, 15) is 4.79 Å². The maximum Gasteiger partial charge on any atom is 0.325 e. The molecular formula is C10H10N2O2. The van der Waals surface area contributed by atoms with Crippen LogP contribution in [0.2, 0.25) is 0 Å². The van der Waals surface area contributed by atoms with Crippen LogP contribution in [0, 0.1) is 11.3 Å². The number of hydrogen-bond acceptors (Lipinski definition) is 3. The molecule has 72 valence electrons. The SMILES string of the molecule is C[C@H](Nc1ccc(C#N)cc1)C(=O)O. The molecule has 0 unspecified atom stereocenters. The molecule has 14 heavy (non-hydrogen) atoms. The Labute approximate surface area is 81.8 Å². The van der Waals surface area contributed by atoms with Gasteiger partial charge in [0.25, 0.3) is 0 Å². The first-order chi connectivity index (χ1) is 6.63. The molecule has 0 aliphatic heterocycles. The minimum Gasteiger partial charge on any atom is -0.480 e. The lowest BCUT2D eigenvalue weighted by atomic mass is 10.2. The molecule has 0 aliphatic rings. The van der Waals surface area contributed by atoms with Gasteiger partial charge in [0.2, 0.25) is 0 Å². The van der Waals surface area contributed by atoms with Crippen LogP contribution in [0.25, 0.3) is 0 Å². The summed E-state index contributed by atoms with van der Waals surface area (Å²) in [6.07, 6.45) is 0. The number of aliphatic carboxylic acids is 1. The summed E-state index contributed by atoms with van der Waals surface area (Å²) < 4.78 is 0. The molecule has 0 saturated carbocycles. The molecule has 0 amide bonds. The third kappa shape index (κ3) is 2.49. The Morgan fingerprint density at radius 2 is 2.07 bits per heavy atom. The van der Waals surface area contributed by atoms with Crippen molar-refractivity contribution in [2.75, 3.05) is 5.32 Å². The third-order valence-corrected chi connectivity index (χ3v) is 1.77. The molecule has 4 heteroatoms. The molecule has 0 heterocycles. The molecule has 0 saturated heterocycles. The molecule has 0 spiro atoms. The van der Waals surface area contributed by atoms with Crippen LogP contribution in [-0.2, 0) is 4.79 Å². The topological polar surface area (TPSA) is 73.1 Å². The highest BCUT2D eigenvalue weighted by Gasteiger charge is 2.09. The van der Waals surface area contributed by atoms with E-state index in [2.05, 4.69) is 5.32 Å². The van der Waals surface area contributed by atoms with Gasteiger partial charge < -0.3 is 10.4 Å². The number of anilines is 1. The summed E-state index contributed by atoms with van der Waals surface area (Å²) in [6.45, 7) is 1.56. The standard InChI is InChI=1S/C10H10N2O2/c1-7(10(13)14)12-9-4-2-8(6-11)3-5-9/h2-5,7,12H,1H3,(H,13,14)/t7-/m0/s1. The van der Waals surface area contributed by atoms with Crippen molar-refractivity contribution < 1.29 is 9.90 Å². The Kier molecular flexibility index (Phi) is 3.08. The highest BCUT2D eigenvalue weighted by molar-refractivity contribution is 5.76. The molecule has 4 nitrogen and oxygen atoms in total. The van der Waals surface area contributed by atoms with Gasteiger partial charge in [0.1, 0.15) is 6.04 Å². The Morgan fingerprint density at radius 1 is 1.50 bits per heavy atom. The number of rotatable bonds is 3. The summed E-state index contributed by atoms with van der Waals surface area (Å²) >= 11 is 0. The Bertz CT molecular complexity index is 365. The van der Waals surface area contributed by atoms with Gasteiger partial charge in [-0.3, -0.25) is 4.79 Å². The number of hydrogen-bond donors (Lipinski definition) is 2. The van der Waals surface area contributed by atoms with Crippen molar-refractivity contribution in [1.29, 1.82) is 5.26 Å². The summed E-state index contributed by atoms with van der Waals surface area (Å²) in [5.74, 6) is -0.908. The summed E-state index contributed by atoms with van der Waals surface area (Å²) in [6, 6.07) is 7.98. The zero-order valence-electron chi connectivity index (χ0n) is 7.69. The minimum atomic E-state index is -0.908. The molecule has 0 bridgehead atoms. The monoisotopic (exact) mass is 190 g/mol. The zero-order valence-corrected chi connectivity index (χ0v) is 7.69. The van der Waals surface area contributed by atoms with Crippen molar-refractivity contribution in [2.24, 2.45) is 0 Å². The van der Waals surface area contributed by atoms with E-state index in [1.807, 2.05) is 6.07 Å². The second kappa shape index (κ2) is 4.28. The van der Waals surface area contributed by atoms with Crippen LogP contribution in [-0.4, -0.2) is 17.1 Å². The van der Waals surface area contributed by atoms with Crippen LogP contribution in [0.5, 0.6) is 0 Å². The van der Waals surface area contributed by atoms with Crippen molar-refractivity contribution in [2.45, 2.75) is 13.0 Å². The minimum absolute atomic E-state index is 0.554.